The summed E-state index contributed by atoms with van der Waals surface area (Å²) in [6, 6.07) is 0. The van der Waals surface area contributed by atoms with Crippen LogP contribution in [0.15, 0.2) is 0 Å². The second-order valence-electron chi connectivity index (χ2n) is 3.71. The van der Waals surface area contributed by atoms with Crippen LogP contribution in [-0.2, 0) is 4.79 Å². The van der Waals surface area contributed by atoms with Gasteiger partial charge in [0, 0.05) is 16.8 Å². The van der Waals surface area contributed by atoms with Gasteiger partial charge in [-0.2, -0.15) is 0 Å². The van der Waals surface area contributed by atoms with E-state index in [9.17, 15) is 4.79 Å². The lowest BCUT2D eigenvalue weighted by Crippen LogP contribution is -2.28. The highest BCUT2D eigenvalue weighted by molar-refractivity contribution is 14.1. The molecule has 64 valence electrons. The van der Waals surface area contributed by atoms with Gasteiger partial charge in [-0.25, -0.2) is 0 Å². The fourth-order valence-corrected chi connectivity index (χ4v) is 3.41. The maximum Gasteiger partial charge on any atom is 0.133 e. The normalized spacial score (nSPS) is 32.9. The number of halogens is 1. The Kier molecular flexibility index (Phi) is 3.34. The van der Waals surface area contributed by atoms with Gasteiger partial charge in [0.2, 0.25) is 0 Å². The first-order valence-electron chi connectivity index (χ1n) is 4.27. The van der Waals surface area contributed by atoms with Crippen molar-refractivity contribution in [3.05, 3.63) is 0 Å². The van der Waals surface area contributed by atoms with Crippen LogP contribution < -0.4 is 0 Å². The van der Waals surface area contributed by atoms with Gasteiger partial charge in [-0.05, 0) is 18.3 Å². The summed E-state index contributed by atoms with van der Waals surface area (Å²) < 4.78 is 0.592. The summed E-state index contributed by atoms with van der Waals surface area (Å²) >= 11 is 2.43. The van der Waals surface area contributed by atoms with E-state index in [4.69, 9.17) is 0 Å². The molecule has 0 saturated heterocycles. The fourth-order valence-electron chi connectivity index (χ4n) is 1.73. The van der Waals surface area contributed by atoms with Crippen molar-refractivity contribution in [2.75, 3.05) is 0 Å². The van der Waals surface area contributed by atoms with Crippen LogP contribution in [0.5, 0.6) is 0 Å². The van der Waals surface area contributed by atoms with Gasteiger partial charge < -0.3 is 0 Å². The van der Waals surface area contributed by atoms with Crippen molar-refractivity contribution in [2.24, 2.45) is 11.8 Å². The minimum atomic E-state index is 0.460. The predicted molar refractivity (Wildman–Crippen MR) is 55.0 cm³/mol. The largest absolute Gasteiger partial charge is 0.300 e. The summed E-state index contributed by atoms with van der Waals surface area (Å²) in [7, 11) is 0. The second-order valence-corrected chi connectivity index (χ2v) is 5.31. The molecule has 2 unspecified atom stereocenters. The molecule has 1 rings (SSSR count). The average Bonchev–Trinajstić information content (AvgIpc) is 1.85. The summed E-state index contributed by atoms with van der Waals surface area (Å²) in [5.41, 5.74) is 0. The molecule has 0 aromatic heterocycles. The van der Waals surface area contributed by atoms with E-state index in [0.29, 0.717) is 9.71 Å². The van der Waals surface area contributed by atoms with Gasteiger partial charge in [0.05, 0.1) is 0 Å². The minimum Gasteiger partial charge on any atom is -0.300 e. The number of Topliss-reactive ketones (excluding diaryl/α,β-unsaturated/α-hetero) is 1. The van der Waals surface area contributed by atoms with E-state index in [1.165, 1.54) is 0 Å². The molecule has 0 N–H and O–H groups in total. The van der Waals surface area contributed by atoms with Gasteiger partial charge in [-0.15, -0.1) is 0 Å². The van der Waals surface area contributed by atoms with E-state index in [-0.39, 0.29) is 0 Å². The molecule has 0 amide bonds. The van der Waals surface area contributed by atoms with Crippen LogP contribution in [0.25, 0.3) is 0 Å². The summed E-state index contributed by atoms with van der Waals surface area (Å²) in [6.07, 6.45) is 2.75. The molecule has 0 radical (unpaired) electrons. The van der Waals surface area contributed by atoms with Crippen LogP contribution in [0, 0.1) is 11.8 Å². The summed E-state index contributed by atoms with van der Waals surface area (Å²) in [5.74, 6) is 1.97. The number of alkyl halides is 1. The Labute approximate surface area is 82.1 Å². The molecule has 11 heavy (non-hydrogen) atoms. The highest BCUT2D eigenvalue weighted by Gasteiger charge is 2.28. The highest BCUT2D eigenvalue weighted by atomic mass is 127. The summed E-state index contributed by atoms with van der Waals surface area (Å²) in [4.78, 5) is 11.0. The molecule has 0 heterocycles. The molecule has 0 aromatic rings. The Morgan fingerprint density at radius 3 is 2.64 bits per heavy atom. The van der Waals surface area contributed by atoms with Crippen LogP contribution in [0.2, 0.25) is 0 Å². The number of ketones is 1. The van der Waals surface area contributed by atoms with Crippen molar-refractivity contribution in [3.63, 3.8) is 0 Å². The van der Waals surface area contributed by atoms with Crippen molar-refractivity contribution in [3.8, 4) is 0 Å². The van der Waals surface area contributed by atoms with E-state index in [1.807, 2.05) is 0 Å². The van der Waals surface area contributed by atoms with Crippen molar-refractivity contribution in [1.29, 1.82) is 0 Å². The van der Waals surface area contributed by atoms with Crippen LogP contribution in [0.3, 0.4) is 0 Å². The standard InChI is InChI=1S/C9H15IO/c1-6(2)8-4-3-7(11)5-9(8)10/h6,8-9H,3-5H2,1-2H3. The van der Waals surface area contributed by atoms with Gasteiger partial charge in [0.1, 0.15) is 5.78 Å². The Bertz CT molecular complexity index is 154. The van der Waals surface area contributed by atoms with Crippen LogP contribution >= 0.6 is 22.6 Å². The first kappa shape index (κ1) is 9.49. The van der Waals surface area contributed by atoms with E-state index in [2.05, 4.69) is 36.4 Å². The molecule has 0 aromatic carbocycles. The van der Waals surface area contributed by atoms with Gasteiger partial charge in [-0.1, -0.05) is 36.4 Å². The SMILES string of the molecule is CC(C)C1CCC(=O)CC1I. The van der Waals surface area contributed by atoms with Crippen molar-refractivity contribution >= 4 is 28.4 Å². The Hall–Kier alpha value is 0.400. The molecular weight excluding hydrogens is 251 g/mol. The number of carbonyl (C=O) groups excluding carboxylic acids is 1. The van der Waals surface area contributed by atoms with E-state index < -0.39 is 0 Å². The lowest BCUT2D eigenvalue weighted by Gasteiger charge is -2.29. The quantitative estimate of drug-likeness (QED) is 0.527. The van der Waals surface area contributed by atoms with Crippen LogP contribution in [0.4, 0.5) is 0 Å². The number of rotatable bonds is 1. The average molecular weight is 266 g/mol. The molecule has 0 aliphatic heterocycles. The summed E-state index contributed by atoms with van der Waals surface area (Å²) in [6.45, 7) is 4.51. The lowest BCUT2D eigenvalue weighted by molar-refractivity contribution is -0.120. The van der Waals surface area contributed by atoms with Crippen molar-refractivity contribution in [2.45, 2.75) is 37.0 Å². The first-order valence-corrected chi connectivity index (χ1v) is 5.51. The molecule has 1 aliphatic carbocycles. The first-order chi connectivity index (χ1) is 5.11. The van der Waals surface area contributed by atoms with Gasteiger partial charge >= 0.3 is 0 Å². The smallest absolute Gasteiger partial charge is 0.133 e. The lowest BCUT2D eigenvalue weighted by atomic mass is 9.81. The molecule has 1 nitrogen and oxygen atoms in total. The Morgan fingerprint density at radius 2 is 2.18 bits per heavy atom. The number of hydrogen-bond donors (Lipinski definition) is 0. The third kappa shape index (κ3) is 2.42. The molecule has 1 saturated carbocycles. The molecular formula is C9H15IO. The van der Waals surface area contributed by atoms with Crippen molar-refractivity contribution in [1.82, 2.24) is 0 Å². The predicted octanol–water partition coefficient (Wildman–Crippen LogP) is 2.82. The van der Waals surface area contributed by atoms with Crippen LogP contribution in [-0.4, -0.2) is 9.71 Å². The van der Waals surface area contributed by atoms with E-state index in [1.54, 1.807) is 0 Å². The number of carbonyl (C=O) groups is 1. The summed E-state index contributed by atoms with van der Waals surface area (Å²) in [5, 5.41) is 0. The molecule has 2 heteroatoms. The maximum atomic E-state index is 11.0. The van der Waals surface area contributed by atoms with E-state index >= 15 is 0 Å². The van der Waals surface area contributed by atoms with Gasteiger partial charge in [0.15, 0.2) is 0 Å². The highest BCUT2D eigenvalue weighted by Crippen LogP contribution is 2.33. The third-order valence-corrected chi connectivity index (χ3v) is 3.86. The van der Waals surface area contributed by atoms with Crippen LogP contribution in [0.1, 0.15) is 33.1 Å². The minimum absolute atomic E-state index is 0.460. The monoisotopic (exact) mass is 266 g/mol. The zero-order valence-corrected chi connectivity index (χ0v) is 9.30. The fraction of sp³-hybridized carbons (Fsp3) is 0.889. The zero-order valence-electron chi connectivity index (χ0n) is 7.14. The molecule has 1 fully saturated rings. The number of hydrogen-bond acceptors (Lipinski definition) is 1. The van der Waals surface area contributed by atoms with E-state index in [0.717, 1.165) is 31.1 Å². The zero-order chi connectivity index (χ0) is 8.43. The second kappa shape index (κ2) is 3.87. The third-order valence-electron chi connectivity index (χ3n) is 2.50. The Balaban J connectivity index is 2.50. The molecule has 2 atom stereocenters. The molecule has 1 aliphatic rings. The Morgan fingerprint density at radius 1 is 1.55 bits per heavy atom. The van der Waals surface area contributed by atoms with Crippen molar-refractivity contribution < 1.29 is 4.79 Å². The maximum absolute atomic E-state index is 11.0. The topological polar surface area (TPSA) is 17.1 Å². The molecule has 0 bridgehead atoms. The van der Waals surface area contributed by atoms with Gasteiger partial charge in [0.25, 0.3) is 0 Å². The molecule has 0 spiro atoms. The van der Waals surface area contributed by atoms with Gasteiger partial charge in [-0.3, -0.25) is 4.79 Å².